The first-order valence-corrected chi connectivity index (χ1v) is 10.1. The lowest BCUT2D eigenvalue weighted by atomic mass is 10.0. The van der Waals surface area contributed by atoms with Gasteiger partial charge in [-0.3, -0.25) is 4.98 Å². The maximum absolute atomic E-state index is 14.6. The zero-order valence-electron chi connectivity index (χ0n) is 15.8. The van der Waals surface area contributed by atoms with E-state index < -0.39 is 11.6 Å². The van der Waals surface area contributed by atoms with Crippen molar-refractivity contribution in [2.75, 3.05) is 6.26 Å². The van der Waals surface area contributed by atoms with Crippen LogP contribution in [-0.4, -0.2) is 20.8 Å². The number of nitrogens with zero attached hydrogens (tertiary/aromatic N) is 3. The summed E-state index contributed by atoms with van der Waals surface area (Å²) < 4.78 is 31.1. The van der Waals surface area contributed by atoms with Gasteiger partial charge in [-0.25, -0.2) is 13.8 Å². The number of halogens is 2. The van der Waals surface area contributed by atoms with Crippen molar-refractivity contribution in [3.63, 3.8) is 0 Å². The predicted molar refractivity (Wildman–Crippen MR) is 110 cm³/mol. The predicted octanol–water partition coefficient (Wildman–Crippen LogP) is 5.76. The topological polar surface area (TPSA) is 30.7 Å². The van der Waals surface area contributed by atoms with Gasteiger partial charge in [0.1, 0.15) is 23.0 Å². The molecule has 0 aliphatic rings. The molecule has 28 heavy (non-hydrogen) atoms. The summed E-state index contributed by atoms with van der Waals surface area (Å²) in [6.07, 6.45) is 3.51. The van der Waals surface area contributed by atoms with Gasteiger partial charge in [0.05, 0.1) is 18.3 Å². The largest absolute Gasteiger partial charge is 0.323 e. The summed E-state index contributed by atoms with van der Waals surface area (Å²) >= 11 is 1.31. The molecule has 0 atom stereocenters. The fraction of sp³-hybridized carbons (Fsp3) is 0.182. The summed E-state index contributed by atoms with van der Waals surface area (Å²) in [7, 11) is 0. The molecule has 142 valence electrons. The van der Waals surface area contributed by atoms with Gasteiger partial charge in [0.25, 0.3) is 0 Å². The van der Waals surface area contributed by atoms with E-state index in [-0.39, 0.29) is 12.1 Å². The number of aromatic nitrogens is 3. The Morgan fingerprint density at radius 2 is 1.71 bits per heavy atom. The average Bonchev–Trinajstić information content (AvgIpc) is 3.00. The highest BCUT2D eigenvalue weighted by atomic mass is 32.2. The van der Waals surface area contributed by atoms with E-state index in [1.807, 2.05) is 48.7 Å². The third kappa shape index (κ3) is 3.18. The first kappa shape index (κ1) is 18.6. The van der Waals surface area contributed by atoms with Crippen LogP contribution in [0.25, 0.3) is 22.2 Å². The van der Waals surface area contributed by atoms with Crippen LogP contribution in [0.15, 0.2) is 53.6 Å². The second-order valence-corrected chi connectivity index (χ2v) is 7.51. The molecule has 0 N–H and O–H groups in total. The molecule has 0 bridgehead atoms. The van der Waals surface area contributed by atoms with E-state index in [1.165, 1.54) is 23.9 Å². The van der Waals surface area contributed by atoms with Crippen LogP contribution in [0, 0.1) is 25.5 Å². The number of hydrogen-bond acceptors (Lipinski definition) is 3. The molecular formula is C22H19F2N3S. The van der Waals surface area contributed by atoms with E-state index in [0.717, 1.165) is 22.3 Å². The molecule has 2 heterocycles. The van der Waals surface area contributed by atoms with Crippen molar-refractivity contribution in [1.82, 2.24) is 14.5 Å². The second-order valence-electron chi connectivity index (χ2n) is 6.63. The first-order valence-electron chi connectivity index (χ1n) is 8.89. The van der Waals surface area contributed by atoms with Crippen molar-refractivity contribution in [2.24, 2.45) is 0 Å². The molecule has 0 aliphatic carbocycles. The van der Waals surface area contributed by atoms with Crippen LogP contribution < -0.4 is 0 Å². The SMILES string of the molecule is CSc1cc(F)c(Cn2c(C)nc3cnc(C)c(-c4ccccc4)c32)c(F)c1. The summed E-state index contributed by atoms with van der Waals surface area (Å²) in [4.78, 5) is 9.62. The summed E-state index contributed by atoms with van der Waals surface area (Å²) in [6.45, 7) is 3.84. The van der Waals surface area contributed by atoms with Crippen LogP contribution in [0.4, 0.5) is 8.78 Å². The van der Waals surface area contributed by atoms with Gasteiger partial charge >= 0.3 is 0 Å². The molecule has 0 unspecified atom stereocenters. The van der Waals surface area contributed by atoms with E-state index >= 15 is 0 Å². The molecule has 0 saturated heterocycles. The molecular weight excluding hydrogens is 376 g/mol. The van der Waals surface area contributed by atoms with E-state index in [4.69, 9.17) is 0 Å². The number of aryl methyl sites for hydroxylation is 2. The van der Waals surface area contributed by atoms with Crippen LogP contribution in [0.5, 0.6) is 0 Å². The molecule has 4 aromatic rings. The van der Waals surface area contributed by atoms with Crippen LogP contribution >= 0.6 is 11.8 Å². The highest BCUT2D eigenvalue weighted by molar-refractivity contribution is 7.98. The lowest BCUT2D eigenvalue weighted by Gasteiger charge is -2.14. The number of thioether (sulfide) groups is 1. The minimum absolute atomic E-state index is 0.0358. The van der Waals surface area contributed by atoms with Crippen LogP contribution in [-0.2, 0) is 6.54 Å². The Balaban J connectivity index is 1.94. The highest BCUT2D eigenvalue weighted by Gasteiger charge is 2.19. The van der Waals surface area contributed by atoms with Crippen molar-refractivity contribution in [3.8, 4) is 11.1 Å². The zero-order valence-corrected chi connectivity index (χ0v) is 16.6. The fourth-order valence-electron chi connectivity index (χ4n) is 3.49. The maximum Gasteiger partial charge on any atom is 0.132 e. The molecule has 6 heteroatoms. The summed E-state index contributed by atoms with van der Waals surface area (Å²) in [6, 6.07) is 12.6. The molecule has 4 rings (SSSR count). The Hall–Kier alpha value is -2.73. The fourth-order valence-corrected chi connectivity index (χ4v) is 3.93. The normalized spacial score (nSPS) is 11.3. The van der Waals surface area contributed by atoms with Gasteiger partial charge in [0.15, 0.2) is 0 Å². The van der Waals surface area contributed by atoms with Crippen molar-refractivity contribution in [1.29, 1.82) is 0 Å². The Morgan fingerprint density at radius 1 is 1.04 bits per heavy atom. The van der Waals surface area contributed by atoms with E-state index in [1.54, 1.807) is 12.5 Å². The smallest absolute Gasteiger partial charge is 0.132 e. The van der Waals surface area contributed by atoms with Crippen molar-refractivity contribution in [2.45, 2.75) is 25.3 Å². The van der Waals surface area contributed by atoms with Crippen molar-refractivity contribution in [3.05, 3.63) is 77.4 Å². The Labute approximate surface area is 166 Å². The standard InChI is InChI=1S/C22H19F2N3S/c1-13-21(15-7-5-4-6-8-15)22-20(11-25-13)26-14(2)27(22)12-17-18(23)9-16(28-3)10-19(17)24/h4-11H,12H2,1-3H3. The number of imidazole rings is 1. The van der Waals surface area contributed by atoms with Gasteiger partial charge in [-0.1, -0.05) is 30.3 Å². The number of fused-ring (bicyclic) bond motifs is 1. The minimum atomic E-state index is -0.544. The van der Waals surface area contributed by atoms with Crippen molar-refractivity contribution >= 4 is 22.8 Å². The first-order chi connectivity index (χ1) is 13.5. The number of hydrogen-bond donors (Lipinski definition) is 0. The van der Waals surface area contributed by atoms with Crippen LogP contribution in [0.1, 0.15) is 17.1 Å². The molecule has 3 nitrogen and oxygen atoms in total. The summed E-state index contributed by atoms with van der Waals surface area (Å²) in [5, 5.41) is 0. The van der Waals surface area contributed by atoms with Gasteiger partial charge in [0.2, 0.25) is 0 Å². The third-order valence-corrected chi connectivity index (χ3v) is 5.60. The van der Waals surface area contributed by atoms with E-state index in [0.29, 0.717) is 16.2 Å². The zero-order chi connectivity index (χ0) is 19.8. The van der Waals surface area contributed by atoms with E-state index in [2.05, 4.69) is 9.97 Å². The summed E-state index contributed by atoms with van der Waals surface area (Å²) in [5.41, 5.74) is 4.36. The monoisotopic (exact) mass is 395 g/mol. The molecule has 0 aliphatic heterocycles. The van der Waals surface area contributed by atoms with Gasteiger partial charge in [-0.05, 0) is 37.8 Å². The molecule has 0 spiro atoms. The average molecular weight is 395 g/mol. The second kappa shape index (κ2) is 7.36. The highest BCUT2D eigenvalue weighted by Crippen LogP contribution is 2.32. The summed E-state index contributed by atoms with van der Waals surface area (Å²) in [5.74, 6) is -0.400. The van der Waals surface area contributed by atoms with Gasteiger partial charge < -0.3 is 4.57 Å². The minimum Gasteiger partial charge on any atom is -0.323 e. The van der Waals surface area contributed by atoms with Crippen LogP contribution in [0.2, 0.25) is 0 Å². The Morgan fingerprint density at radius 3 is 2.36 bits per heavy atom. The molecule has 0 radical (unpaired) electrons. The number of rotatable bonds is 4. The Bertz CT molecular complexity index is 1150. The third-order valence-electron chi connectivity index (χ3n) is 4.89. The lowest BCUT2D eigenvalue weighted by molar-refractivity contribution is 0.539. The lowest BCUT2D eigenvalue weighted by Crippen LogP contribution is -2.08. The van der Waals surface area contributed by atoms with Gasteiger partial charge in [0, 0.05) is 21.7 Å². The molecule has 0 amide bonds. The number of pyridine rings is 1. The molecule has 0 saturated carbocycles. The van der Waals surface area contributed by atoms with Crippen molar-refractivity contribution < 1.29 is 8.78 Å². The quantitative estimate of drug-likeness (QED) is 0.411. The van der Waals surface area contributed by atoms with Gasteiger partial charge in [-0.15, -0.1) is 11.8 Å². The van der Waals surface area contributed by atoms with E-state index in [9.17, 15) is 8.78 Å². The molecule has 0 fully saturated rings. The Kier molecular flexibility index (Phi) is 4.89. The molecule has 2 aromatic heterocycles. The number of benzene rings is 2. The van der Waals surface area contributed by atoms with Crippen LogP contribution in [0.3, 0.4) is 0 Å². The van der Waals surface area contributed by atoms with Gasteiger partial charge in [-0.2, -0.15) is 0 Å². The maximum atomic E-state index is 14.6. The molecule has 2 aromatic carbocycles.